The van der Waals surface area contributed by atoms with Crippen LogP contribution in [0.2, 0.25) is 0 Å². The Morgan fingerprint density at radius 1 is 0.781 bits per heavy atom. The van der Waals surface area contributed by atoms with Crippen molar-refractivity contribution in [1.29, 1.82) is 0 Å². The largest absolute Gasteiger partial charge is 0.493 e. The molecular formula is C25H30O7. The molecule has 0 aliphatic carbocycles. The van der Waals surface area contributed by atoms with Crippen LogP contribution < -0.4 is 9.47 Å². The molecule has 0 heterocycles. The van der Waals surface area contributed by atoms with E-state index in [1.807, 2.05) is 26.0 Å². The maximum Gasteiger partial charge on any atom is 0.320 e. The zero-order valence-corrected chi connectivity index (χ0v) is 19.6. The van der Waals surface area contributed by atoms with E-state index in [1.165, 1.54) is 28.4 Å². The van der Waals surface area contributed by atoms with Gasteiger partial charge in [0, 0.05) is 17.4 Å². The summed E-state index contributed by atoms with van der Waals surface area (Å²) in [5.74, 6) is -3.81. The van der Waals surface area contributed by atoms with Gasteiger partial charge in [-0.05, 0) is 37.1 Å². The second-order valence-electron chi connectivity index (χ2n) is 7.64. The van der Waals surface area contributed by atoms with Gasteiger partial charge >= 0.3 is 11.9 Å². The fraction of sp³-hybridized carbons (Fsp3) is 0.400. The van der Waals surface area contributed by atoms with Crippen molar-refractivity contribution < 1.29 is 33.3 Å². The molecule has 2 aromatic rings. The maximum absolute atomic E-state index is 13.5. The van der Waals surface area contributed by atoms with Crippen molar-refractivity contribution in [1.82, 2.24) is 0 Å². The molecule has 0 spiro atoms. The van der Waals surface area contributed by atoms with Gasteiger partial charge in [0.2, 0.25) is 0 Å². The summed E-state index contributed by atoms with van der Waals surface area (Å²) in [5, 5.41) is 0. The molecule has 0 aliphatic heterocycles. The Morgan fingerprint density at radius 2 is 1.38 bits per heavy atom. The molecule has 0 aliphatic rings. The van der Waals surface area contributed by atoms with Crippen LogP contribution in [-0.4, -0.2) is 46.2 Å². The number of carbonyl (C=O) groups excluding carboxylic acids is 3. The number of rotatable bonds is 9. The van der Waals surface area contributed by atoms with Gasteiger partial charge in [0.05, 0.1) is 28.4 Å². The van der Waals surface area contributed by atoms with Gasteiger partial charge in [-0.3, -0.25) is 14.4 Å². The average Bonchev–Trinajstić information content (AvgIpc) is 2.80. The second-order valence-corrected chi connectivity index (χ2v) is 7.64. The van der Waals surface area contributed by atoms with Crippen LogP contribution in [0, 0.1) is 25.7 Å². The summed E-state index contributed by atoms with van der Waals surface area (Å²) in [5.41, 5.74) is 2.93. The number of ketones is 1. The maximum atomic E-state index is 13.5. The van der Waals surface area contributed by atoms with Crippen LogP contribution in [0.5, 0.6) is 11.5 Å². The lowest BCUT2D eigenvalue weighted by atomic mass is 9.74. The fourth-order valence-electron chi connectivity index (χ4n) is 3.97. The van der Waals surface area contributed by atoms with Gasteiger partial charge in [-0.25, -0.2) is 0 Å². The van der Waals surface area contributed by atoms with Crippen LogP contribution in [0.15, 0.2) is 36.4 Å². The predicted octanol–water partition coefficient (Wildman–Crippen LogP) is 3.89. The number of ether oxygens (including phenoxy) is 4. The van der Waals surface area contributed by atoms with Gasteiger partial charge in [0.15, 0.2) is 23.2 Å². The molecule has 32 heavy (non-hydrogen) atoms. The van der Waals surface area contributed by atoms with Crippen molar-refractivity contribution >= 4 is 17.7 Å². The zero-order chi connectivity index (χ0) is 24.0. The molecule has 0 fully saturated rings. The van der Waals surface area contributed by atoms with Crippen molar-refractivity contribution in [2.45, 2.75) is 26.7 Å². The highest BCUT2D eigenvalue weighted by atomic mass is 16.5. The third-order valence-electron chi connectivity index (χ3n) is 5.66. The highest BCUT2D eigenvalue weighted by molar-refractivity contribution is 6.02. The Kier molecular flexibility index (Phi) is 8.41. The molecule has 2 rings (SSSR count). The topological polar surface area (TPSA) is 88.1 Å². The number of benzene rings is 2. The van der Waals surface area contributed by atoms with E-state index in [-0.39, 0.29) is 5.78 Å². The number of carbonyl (C=O) groups is 3. The molecule has 0 saturated heterocycles. The first-order valence-electron chi connectivity index (χ1n) is 10.2. The van der Waals surface area contributed by atoms with Crippen LogP contribution in [0.1, 0.15) is 39.9 Å². The van der Waals surface area contributed by atoms with E-state index in [9.17, 15) is 14.4 Å². The molecule has 172 valence electrons. The fourth-order valence-corrected chi connectivity index (χ4v) is 3.97. The Balaban J connectivity index is 2.67. The van der Waals surface area contributed by atoms with E-state index in [4.69, 9.17) is 18.9 Å². The van der Waals surface area contributed by atoms with Crippen molar-refractivity contribution in [3.63, 3.8) is 0 Å². The monoisotopic (exact) mass is 442 g/mol. The second kappa shape index (κ2) is 10.8. The highest BCUT2D eigenvalue weighted by Crippen LogP contribution is 2.40. The van der Waals surface area contributed by atoms with Crippen molar-refractivity contribution in [3.8, 4) is 11.5 Å². The molecule has 0 saturated carbocycles. The summed E-state index contributed by atoms with van der Waals surface area (Å²) in [6, 6.07) is 10.6. The molecule has 7 heteroatoms. The first-order chi connectivity index (χ1) is 15.2. The van der Waals surface area contributed by atoms with E-state index in [1.54, 1.807) is 31.2 Å². The number of hydrogen-bond acceptors (Lipinski definition) is 7. The molecule has 0 radical (unpaired) electrons. The minimum absolute atomic E-state index is 0.194. The lowest BCUT2D eigenvalue weighted by Crippen LogP contribution is -2.37. The standard InChI is InChI=1S/C25H30O7/c1-14-8-10-18(15(2)12-14)23(26)16(3)21(22(24(27)31-6)25(28)32-7)17-9-11-19(29-4)20(13-17)30-5/h8-13,16,21-22H,1-7H3/t16-,21-/m0/s1. The van der Waals surface area contributed by atoms with Crippen molar-refractivity contribution in [2.24, 2.45) is 11.8 Å². The van der Waals surface area contributed by atoms with Crippen LogP contribution in [-0.2, 0) is 19.1 Å². The lowest BCUT2D eigenvalue weighted by Gasteiger charge is -2.29. The molecule has 0 aromatic heterocycles. The molecule has 2 atom stereocenters. The summed E-state index contributed by atoms with van der Waals surface area (Å²) < 4.78 is 20.5. The first-order valence-corrected chi connectivity index (χ1v) is 10.2. The summed E-state index contributed by atoms with van der Waals surface area (Å²) in [4.78, 5) is 38.9. The number of esters is 2. The molecule has 0 amide bonds. The third-order valence-corrected chi connectivity index (χ3v) is 5.66. The first kappa shape index (κ1) is 24.9. The molecule has 0 bridgehead atoms. The zero-order valence-electron chi connectivity index (χ0n) is 19.6. The van der Waals surface area contributed by atoms with Gasteiger partial charge in [0.1, 0.15) is 0 Å². The number of Topliss-reactive ketones (excluding diaryl/α,β-unsaturated/α-hetero) is 1. The molecule has 0 N–H and O–H groups in total. The number of aryl methyl sites for hydroxylation is 2. The number of methoxy groups -OCH3 is 4. The van der Waals surface area contributed by atoms with Crippen LogP contribution in [0.4, 0.5) is 0 Å². The van der Waals surface area contributed by atoms with Crippen LogP contribution >= 0.6 is 0 Å². The van der Waals surface area contributed by atoms with Crippen LogP contribution in [0.3, 0.4) is 0 Å². The molecule has 7 nitrogen and oxygen atoms in total. The van der Waals surface area contributed by atoms with E-state index < -0.39 is 29.7 Å². The van der Waals surface area contributed by atoms with Crippen molar-refractivity contribution in [3.05, 3.63) is 58.7 Å². The summed E-state index contributed by atoms with van der Waals surface area (Å²) in [7, 11) is 5.38. The van der Waals surface area contributed by atoms with E-state index in [2.05, 4.69) is 0 Å². The smallest absolute Gasteiger partial charge is 0.320 e. The summed E-state index contributed by atoms with van der Waals surface area (Å²) >= 11 is 0. The highest BCUT2D eigenvalue weighted by Gasteiger charge is 2.43. The summed E-state index contributed by atoms with van der Waals surface area (Å²) in [6.07, 6.45) is 0. The summed E-state index contributed by atoms with van der Waals surface area (Å²) in [6.45, 7) is 5.50. The molecular weight excluding hydrogens is 412 g/mol. The molecule has 2 aromatic carbocycles. The van der Waals surface area contributed by atoms with E-state index in [0.29, 0.717) is 22.6 Å². The van der Waals surface area contributed by atoms with Gasteiger partial charge in [-0.1, -0.05) is 36.8 Å². The number of hydrogen-bond donors (Lipinski definition) is 0. The van der Waals surface area contributed by atoms with Gasteiger partial charge in [-0.2, -0.15) is 0 Å². The Hall–Kier alpha value is -3.35. The van der Waals surface area contributed by atoms with Crippen LogP contribution in [0.25, 0.3) is 0 Å². The quantitative estimate of drug-likeness (QED) is 0.331. The minimum Gasteiger partial charge on any atom is -0.493 e. The minimum atomic E-state index is -1.34. The van der Waals surface area contributed by atoms with E-state index in [0.717, 1.165) is 11.1 Å². The molecule has 0 unspecified atom stereocenters. The van der Waals surface area contributed by atoms with Crippen molar-refractivity contribution in [2.75, 3.05) is 28.4 Å². The normalized spacial score (nSPS) is 12.6. The Morgan fingerprint density at radius 3 is 1.88 bits per heavy atom. The lowest BCUT2D eigenvalue weighted by molar-refractivity contribution is -0.160. The Bertz CT molecular complexity index is 980. The van der Waals surface area contributed by atoms with E-state index >= 15 is 0 Å². The Labute approximate surface area is 188 Å². The average molecular weight is 443 g/mol. The van der Waals surface area contributed by atoms with Gasteiger partial charge < -0.3 is 18.9 Å². The third kappa shape index (κ3) is 5.10. The van der Waals surface area contributed by atoms with Gasteiger partial charge in [-0.15, -0.1) is 0 Å². The SMILES string of the molecule is COC(=O)C(C(=O)OC)[C@H](c1ccc(OC)c(OC)c1)[C@H](C)C(=O)c1ccc(C)cc1C. The van der Waals surface area contributed by atoms with Gasteiger partial charge in [0.25, 0.3) is 0 Å². The predicted molar refractivity (Wildman–Crippen MR) is 119 cm³/mol.